The molecule has 1 amide bonds. The third-order valence-corrected chi connectivity index (χ3v) is 4.26. The predicted molar refractivity (Wildman–Crippen MR) is 72.8 cm³/mol. The van der Waals surface area contributed by atoms with E-state index in [0.717, 1.165) is 30.6 Å². The highest BCUT2D eigenvalue weighted by Crippen LogP contribution is 2.46. The van der Waals surface area contributed by atoms with Gasteiger partial charge < -0.3 is 10.2 Å². The van der Waals surface area contributed by atoms with E-state index in [-0.39, 0.29) is 17.8 Å². The molecule has 1 aromatic carbocycles. The van der Waals surface area contributed by atoms with E-state index in [1.54, 1.807) is 12.1 Å². The van der Waals surface area contributed by atoms with Gasteiger partial charge in [-0.05, 0) is 57.0 Å². The lowest BCUT2D eigenvalue weighted by Gasteiger charge is -2.33. The van der Waals surface area contributed by atoms with Crippen LogP contribution in [0.5, 0.6) is 0 Å². The van der Waals surface area contributed by atoms with Crippen molar-refractivity contribution >= 4 is 11.6 Å². The van der Waals surface area contributed by atoms with Crippen LogP contribution in [0.4, 0.5) is 10.1 Å². The minimum absolute atomic E-state index is 0.0954. The van der Waals surface area contributed by atoms with Crippen molar-refractivity contribution in [2.24, 2.45) is 0 Å². The lowest BCUT2D eigenvalue weighted by molar-refractivity contribution is -0.124. The van der Waals surface area contributed by atoms with Crippen molar-refractivity contribution in [1.82, 2.24) is 5.32 Å². The molecule has 0 aromatic heterocycles. The molecule has 3 rings (SSSR count). The van der Waals surface area contributed by atoms with Gasteiger partial charge in [0, 0.05) is 18.3 Å². The van der Waals surface area contributed by atoms with Crippen LogP contribution in [-0.2, 0) is 10.2 Å². The fourth-order valence-corrected chi connectivity index (χ4v) is 3.39. The number of rotatable bonds is 1. The molecular weight excluding hydrogens is 243 g/mol. The van der Waals surface area contributed by atoms with Gasteiger partial charge in [0.05, 0.1) is 5.41 Å². The Morgan fingerprint density at radius 1 is 1.42 bits per heavy atom. The van der Waals surface area contributed by atoms with Gasteiger partial charge in [-0.25, -0.2) is 4.39 Å². The lowest BCUT2D eigenvalue weighted by Crippen LogP contribution is -2.51. The molecule has 3 nitrogen and oxygen atoms in total. The van der Waals surface area contributed by atoms with Gasteiger partial charge in [-0.2, -0.15) is 0 Å². The highest BCUT2D eigenvalue weighted by Gasteiger charge is 2.51. The largest absolute Gasteiger partial charge is 0.315 e. The molecule has 1 saturated heterocycles. The lowest BCUT2D eigenvalue weighted by atomic mass is 9.75. The summed E-state index contributed by atoms with van der Waals surface area (Å²) in [6.45, 7) is 5.55. The van der Waals surface area contributed by atoms with E-state index in [1.165, 1.54) is 6.07 Å². The van der Waals surface area contributed by atoms with E-state index >= 15 is 0 Å². The number of nitrogens with zero attached hydrogens (tertiary/aromatic N) is 1. The van der Waals surface area contributed by atoms with Crippen LogP contribution in [0.25, 0.3) is 0 Å². The number of hydrogen-bond acceptors (Lipinski definition) is 2. The number of carbonyl (C=O) groups excluding carboxylic acids is 1. The van der Waals surface area contributed by atoms with Gasteiger partial charge in [-0.1, -0.05) is 0 Å². The number of nitrogens with one attached hydrogen (secondary N) is 1. The average molecular weight is 262 g/mol. The van der Waals surface area contributed by atoms with E-state index in [2.05, 4.69) is 5.32 Å². The van der Waals surface area contributed by atoms with E-state index < -0.39 is 5.41 Å². The SMILES string of the molecule is CC(C)N1C(=O)C2(CCCNC2)c2cc(F)ccc21. The van der Waals surface area contributed by atoms with Crippen molar-refractivity contribution in [3.8, 4) is 0 Å². The Bertz CT molecular complexity index is 521. The maximum atomic E-state index is 13.6. The number of amides is 1. The first-order valence-corrected chi connectivity index (χ1v) is 6.91. The topological polar surface area (TPSA) is 32.3 Å². The summed E-state index contributed by atoms with van der Waals surface area (Å²) in [5.41, 5.74) is 1.18. The molecule has 102 valence electrons. The van der Waals surface area contributed by atoms with Gasteiger partial charge in [0.1, 0.15) is 5.82 Å². The molecule has 0 bridgehead atoms. The Kier molecular flexibility index (Phi) is 2.86. The number of fused-ring (bicyclic) bond motifs is 2. The second kappa shape index (κ2) is 4.30. The molecule has 1 atom stereocenters. The fourth-order valence-electron chi connectivity index (χ4n) is 3.39. The second-order valence-electron chi connectivity index (χ2n) is 5.79. The number of benzene rings is 1. The fraction of sp³-hybridized carbons (Fsp3) is 0.533. The van der Waals surface area contributed by atoms with Gasteiger partial charge in [0.15, 0.2) is 0 Å². The Morgan fingerprint density at radius 2 is 2.21 bits per heavy atom. The number of piperidine rings is 1. The monoisotopic (exact) mass is 262 g/mol. The van der Waals surface area contributed by atoms with E-state index in [4.69, 9.17) is 0 Å². The zero-order valence-corrected chi connectivity index (χ0v) is 11.4. The molecule has 19 heavy (non-hydrogen) atoms. The van der Waals surface area contributed by atoms with Crippen molar-refractivity contribution in [3.63, 3.8) is 0 Å². The van der Waals surface area contributed by atoms with Gasteiger partial charge >= 0.3 is 0 Å². The van der Waals surface area contributed by atoms with Crippen LogP contribution in [0.1, 0.15) is 32.3 Å². The number of hydrogen-bond donors (Lipinski definition) is 1. The number of halogens is 1. The van der Waals surface area contributed by atoms with Crippen LogP contribution in [0.15, 0.2) is 18.2 Å². The first kappa shape index (κ1) is 12.6. The summed E-state index contributed by atoms with van der Waals surface area (Å²) in [5.74, 6) is -0.141. The molecule has 2 aliphatic heterocycles. The summed E-state index contributed by atoms with van der Waals surface area (Å²) >= 11 is 0. The molecule has 2 heterocycles. The Labute approximate surface area is 112 Å². The maximum absolute atomic E-state index is 13.6. The maximum Gasteiger partial charge on any atom is 0.239 e. The van der Waals surface area contributed by atoms with Crippen molar-refractivity contribution < 1.29 is 9.18 Å². The molecule has 0 aliphatic carbocycles. The minimum atomic E-state index is -0.556. The molecule has 1 fully saturated rings. The van der Waals surface area contributed by atoms with Crippen LogP contribution in [0, 0.1) is 5.82 Å². The molecule has 1 unspecified atom stereocenters. The van der Waals surface area contributed by atoms with Crippen LogP contribution >= 0.6 is 0 Å². The first-order valence-electron chi connectivity index (χ1n) is 6.91. The Balaban J connectivity index is 2.17. The Morgan fingerprint density at radius 3 is 2.84 bits per heavy atom. The van der Waals surface area contributed by atoms with Crippen LogP contribution in [0.2, 0.25) is 0 Å². The van der Waals surface area contributed by atoms with Crippen molar-refractivity contribution in [3.05, 3.63) is 29.6 Å². The zero-order chi connectivity index (χ0) is 13.6. The normalized spacial score (nSPS) is 26.3. The molecule has 0 saturated carbocycles. The molecule has 1 N–H and O–H groups in total. The molecule has 1 aromatic rings. The first-order chi connectivity index (χ1) is 9.06. The van der Waals surface area contributed by atoms with Crippen LogP contribution < -0.4 is 10.2 Å². The third kappa shape index (κ3) is 1.70. The molecule has 0 radical (unpaired) electrons. The molecular formula is C15H19FN2O. The summed E-state index contributed by atoms with van der Waals surface area (Å²) in [5, 5.41) is 3.30. The predicted octanol–water partition coefficient (Wildman–Crippen LogP) is 2.20. The quantitative estimate of drug-likeness (QED) is 0.841. The van der Waals surface area contributed by atoms with Gasteiger partial charge in [-0.3, -0.25) is 4.79 Å². The standard InChI is InChI=1S/C15H19FN2O/c1-10(2)18-13-5-4-11(16)8-12(13)15(14(18)19)6-3-7-17-9-15/h4-5,8,10,17H,3,6-7,9H2,1-2H3. The molecule has 4 heteroatoms. The van der Waals surface area contributed by atoms with Crippen LogP contribution in [0.3, 0.4) is 0 Å². The highest BCUT2D eigenvalue weighted by molar-refractivity contribution is 6.08. The molecule has 2 aliphatic rings. The minimum Gasteiger partial charge on any atom is -0.315 e. The summed E-state index contributed by atoms with van der Waals surface area (Å²) in [4.78, 5) is 14.7. The third-order valence-electron chi connectivity index (χ3n) is 4.26. The number of anilines is 1. The number of carbonyl (C=O) groups is 1. The molecule has 1 spiro atoms. The van der Waals surface area contributed by atoms with Crippen LogP contribution in [-0.4, -0.2) is 25.0 Å². The van der Waals surface area contributed by atoms with Gasteiger partial charge in [0.2, 0.25) is 5.91 Å². The zero-order valence-electron chi connectivity index (χ0n) is 11.4. The van der Waals surface area contributed by atoms with Crippen molar-refractivity contribution in [2.75, 3.05) is 18.0 Å². The smallest absolute Gasteiger partial charge is 0.239 e. The van der Waals surface area contributed by atoms with E-state index in [1.807, 2.05) is 18.7 Å². The van der Waals surface area contributed by atoms with Crippen molar-refractivity contribution in [2.45, 2.75) is 38.1 Å². The van der Waals surface area contributed by atoms with E-state index in [0.29, 0.717) is 6.54 Å². The second-order valence-corrected chi connectivity index (χ2v) is 5.79. The summed E-state index contributed by atoms with van der Waals surface area (Å²) in [7, 11) is 0. The summed E-state index contributed by atoms with van der Waals surface area (Å²) in [6, 6.07) is 4.82. The highest BCUT2D eigenvalue weighted by atomic mass is 19.1. The summed E-state index contributed by atoms with van der Waals surface area (Å²) < 4.78 is 13.6. The van der Waals surface area contributed by atoms with E-state index in [9.17, 15) is 9.18 Å². The van der Waals surface area contributed by atoms with Crippen molar-refractivity contribution in [1.29, 1.82) is 0 Å². The van der Waals surface area contributed by atoms with Gasteiger partial charge in [-0.15, -0.1) is 0 Å². The average Bonchev–Trinajstić information content (AvgIpc) is 2.61. The summed E-state index contributed by atoms with van der Waals surface area (Å²) in [6.07, 6.45) is 1.76. The van der Waals surface area contributed by atoms with Gasteiger partial charge in [0.25, 0.3) is 0 Å². The Hall–Kier alpha value is -1.42.